The third-order valence-corrected chi connectivity index (χ3v) is 14.6. The van der Waals surface area contributed by atoms with Gasteiger partial charge in [-0.1, -0.05) is 41.0 Å². The first-order chi connectivity index (χ1) is 27.9. The Kier molecular flexibility index (Phi) is 16.6. The summed E-state index contributed by atoms with van der Waals surface area (Å²) in [5.74, 6) is -0.371. The number of hydrogen-bond acceptors (Lipinski definition) is 15. The fraction of sp³-hybridized carbons (Fsp3) is 0.864. The van der Waals surface area contributed by atoms with Crippen molar-refractivity contribution in [2.45, 2.75) is 179 Å². The Hall–Kier alpha value is -2.02. The third kappa shape index (κ3) is 10.6. The van der Waals surface area contributed by atoms with E-state index in [1.54, 1.807) is 6.26 Å². The lowest BCUT2D eigenvalue weighted by molar-refractivity contribution is -0.305. The molecule has 0 aromatic carbocycles. The van der Waals surface area contributed by atoms with Crippen molar-refractivity contribution in [3.8, 4) is 0 Å². The van der Waals surface area contributed by atoms with Crippen LogP contribution in [0.2, 0.25) is 0 Å². The lowest BCUT2D eigenvalue weighted by Crippen LogP contribution is -2.59. The summed E-state index contributed by atoms with van der Waals surface area (Å²) in [7, 11) is 0. The summed E-state index contributed by atoms with van der Waals surface area (Å²) in [6.07, 6.45) is 1.83. The Bertz CT molecular complexity index is 1520. The smallest absolute Gasteiger partial charge is 0.335 e. The van der Waals surface area contributed by atoms with Gasteiger partial charge in [-0.3, -0.25) is 5.01 Å². The van der Waals surface area contributed by atoms with Crippen molar-refractivity contribution < 1.29 is 58.7 Å². The van der Waals surface area contributed by atoms with Crippen LogP contribution in [0.5, 0.6) is 0 Å². The van der Waals surface area contributed by atoms with Gasteiger partial charge in [0.25, 0.3) is 0 Å². The van der Waals surface area contributed by atoms with Crippen LogP contribution in [0.3, 0.4) is 0 Å². The molecule has 338 valence electrons. The van der Waals surface area contributed by atoms with E-state index in [0.717, 1.165) is 18.4 Å². The fourth-order valence-corrected chi connectivity index (χ4v) is 10.2. The number of rotatable bonds is 19. The van der Waals surface area contributed by atoms with Crippen LogP contribution in [0.25, 0.3) is 0 Å². The molecule has 15 nitrogen and oxygen atoms in total. The minimum Gasteiger partial charge on any atom is -0.431 e. The highest BCUT2D eigenvalue weighted by atomic mass is 16.7. The maximum Gasteiger partial charge on any atom is 0.335 e. The number of aliphatic hydroxyl groups is 6. The topological polar surface area (TPSA) is 213 Å². The van der Waals surface area contributed by atoms with E-state index in [9.17, 15) is 35.4 Å². The van der Waals surface area contributed by atoms with Gasteiger partial charge in [-0.05, 0) is 88.7 Å². The highest BCUT2D eigenvalue weighted by molar-refractivity contribution is 5.68. The van der Waals surface area contributed by atoms with Gasteiger partial charge in [-0.2, -0.15) is 5.10 Å². The first-order valence-corrected chi connectivity index (χ1v) is 22.1. The molecule has 2 saturated carbocycles. The van der Waals surface area contributed by atoms with E-state index in [1.165, 1.54) is 6.07 Å². The fourth-order valence-electron chi connectivity index (χ4n) is 10.2. The molecule has 5 rings (SSSR count). The van der Waals surface area contributed by atoms with Crippen molar-refractivity contribution in [3.05, 3.63) is 34.4 Å². The van der Waals surface area contributed by atoms with Crippen LogP contribution >= 0.6 is 0 Å². The Morgan fingerprint density at radius 3 is 2.31 bits per heavy atom. The van der Waals surface area contributed by atoms with Gasteiger partial charge in [0.15, 0.2) is 12.6 Å². The second-order valence-corrected chi connectivity index (χ2v) is 18.4. The number of morpholine rings is 1. The molecule has 2 saturated heterocycles. The largest absolute Gasteiger partial charge is 0.431 e. The van der Waals surface area contributed by atoms with Crippen molar-refractivity contribution >= 4 is 6.21 Å². The predicted octanol–water partition coefficient (Wildman–Crippen LogP) is 3.69. The van der Waals surface area contributed by atoms with E-state index in [1.807, 2.05) is 58.8 Å². The van der Waals surface area contributed by atoms with Crippen LogP contribution in [0.1, 0.15) is 124 Å². The molecule has 4 aliphatic rings. The molecule has 6 N–H and O–H groups in total. The highest BCUT2D eigenvalue weighted by Crippen LogP contribution is 2.60. The molecular weight excluding hydrogens is 764 g/mol. The summed E-state index contributed by atoms with van der Waals surface area (Å²) in [5, 5.41) is 72.5. The van der Waals surface area contributed by atoms with E-state index >= 15 is 0 Å². The van der Waals surface area contributed by atoms with Crippen molar-refractivity contribution in [2.24, 2.45) is 27.8 Å². The molecule has 14 unspecified atom stereocenters. The van der Waals surface area contributed by atoms with Crippen molar-refractivity contribution in [1.82, 2.24) is 5.01 Å². The third-order valence-electron chi connectivity index (χ3n) is 14.6. The first-order valence-electron chi connectivity index (χ1n) is 22.1. The number of aliphatic hydroxyl groups excluding tert-OH is 4. The second-order valence-electron chi connectivity index (χ2n) is 18.4. The van der Waals surface area contributed by atoms with Crippen molar-refractivity contribution in [2.75, 3.05) is 39.5 Å². The van der Waals surface area contributed by atoms with E-state index < -0.39 is 71.3 Å². The molecule has 2 aliphatic carbocycles. The van der Waals surface area contributed by atoms with E-state index in [4.69, 9.17) is 33.2 Å². The summed E-state index contributed by atoms with van der Waals surface area (Å²) in [4.78, 5) is 11.8. The number of ether oxygens (including phenoxy) is 5. The van der Waals surface area contributed by atoms with E-state index in [2.05, 4.69) is 6.92 Å². The normalized spacial score (nSPS) is 38.5. The molecule has 4 fully saturated rings. The zero-order chi connectivity index (χ0) is 43.2. The highest BCUT2D eigenvalue weighted by Gasteiger charge is 2.57. The zero-order valence-corrected chi connectivity index (χ0v) is 36.4. The molecule has 0 spiro atoms. The molecular formula is C44H74N2O13. The standard InChI is InChI=1S/C44H74N2O13/c1-8-43(52)18-14-33(31-11-12-35(48)55-26-31)41(43,7)15-10-16-42(27-45-46-19-21-54-22-20-46)17-13-32(23-44(42,53)9-2)58-39(57-28(3)4)30(6)29(5)25-56-40-38(51)37(50)36(49)34(24-47)59-40/h11-12,26-30,32-34,36-40,47,49-53H,8-10,13-25H2,1-7H3. The van der Waals surface area contributed by atoms with Crippen LogP contribution in [0.4, 0.5) is 0 Å². The maximum atomic E-state index is 12.9. The Morgan fingerprint density at radius 1 is 0.966 bits per heavy atom. The summed E-state index contributed by atoms with van der Waals surface area (Å²) in [6, 6.07) is 3.28. The molecule has 59 heavy (non-hydrogen) atoms. The molecule has 14 atom stereocenters. The Morgan fingerprint density at radius 2 is 1.68 bits per heavy atom. The molecule has 3 heterocycles. The van der Waals surface area contributed by atoms with Crippen molar-refractivity contribution in [1.29, 1.82) is 0 Å². The predicted molar refractivity (Wildman–Crippen MR) is 219 cm³/mol. The maximum absolute atomic E-state index is 12.9. The van der Waals surface area contributed by atoms with Crippen LogP contribution < -0.4 is 5.63 Å². The summed E-state index contributed by atoms with van der Waals surface area (Å²) >= 11 is 0. The zero-order valence-electron chi connectivity index (χ0n) is 36.4. The molecule has 0 radical (unpaired) electrons. The van der Waals surface area contributed by atoms with Gasteiger partial charge in [0.1, 0.15) is 24.4 Å². The van der Waals surface area contributed by atoms with Crippen molar-refractivity contribution in [3.63, 3.8) is 0 Å². The van der Waals surface area contributed by atoms with E-state index in [0.29, 0.717) is 77.7 Å². The average molecular weight is 839 g/mol. The minimum atomic E-state index is -1.53. The molecule has 1 aromatic rings. The minimum absolute atomic E-state index is 0.00819. The summed E-state index contributed by atoms with van der Waals surface area (Å²) < 4.78 is 35.5. The monoisotopic (exact) mass is 839 g/mol. The van der Waals surface area contributed by atoms with Gasteiger partial charge in [-0.25, -0.2) is 4.79 Å². The summed E-state index contributed by atoms with van der Waals surface area (Å²) in [5.41, 5.74) is -2.71. The molecule has 0 bridgehead atoms. The number of hydrazone groups is 1. The van der Waals surface area contributed by atoms with Crippen LogP contribution in [-0.4, -0.2) is 142 Å². The van der Waals surface area contributed by atoms with Crippen LogP contribution in [-0.2, 0) is 23.7 Å². The van der Waals surface area contributed by atoms with Gasteiger partial charge < -0.3 is 58.7 Å². The number of hydrogen-bond donors (Lipinski definition) is 6. The first kappa shape index (κ1) is 48.0. The lowest BCUT2D eigenvalue weighted by atomic mass is 9.58. The lowest BCUT2D eigenvalue weighted by Gasteiger charge is -2.52. The number of nitrogens with zero attached hydrogens (tertiary/aromatic N) is 2. The molecule has 0 amide bonds. The Balaban J connectivity index is 1.32. The van der Waals surface area contributed by atoms with Crippen LogP contribution in [0.15, 0.2) is 32.7 Å². The van der Waals surface area contributed by atoms with Gasteiger partial charge >= 0.3 is 5.63 Å². The van der Waals surface area contributed by atoms with Gasteiger partial charge in [0.05, 0.1) is 69.2 Å². The van der Waals surface area contributed by atoms with Gasteiger partial charge in [0.2, 0.25) is 0 Å². The molecule has 1 aromatic heterocycles. The molecule has 2 aliphatic heterocycles. The van der Waals surface area contributed by atoms with Gasteiger partial charge in [0, 0.05) is 35.4 Å². The SMILES string of the molecule is CCC1(O)CC(OC(OC(C)C)C(C)C(C)COC2OC(CO)C(O)C(O)C2O)CCC1(C=NN1CCOCC1)CCCC1(C)C(c2ccc(=O)oc2)CCC1(O)CC. The molecule has 15 heteroatoms. The quantitative estimate of drug-likeness (QED) is 0.0867. The average Bonchev–Trinajstić information content (AvgIpc) is 3.49. The second kappa shape index (κ2) is 20.4. The van der Waals surface area contributed by atoms with Gasteiger partial charge in [-0.15, -0.1) is 0 Å². The summed E-state index contributed by atoms with van der Waals surface area (Å²) in [6.45, 7) is 16.1. The van der Waals surface area contributed by atoms with E-state index in [-0.39, 0.29) is 36.6 Å². The Labute approximate surface area is 350 Å². The van der Waals surface area contributed by atoms with Crippen LogP contribution in [0, 0.1) is 22.7 Å².